The first-order chi connectivity index (χ1) is 5.24. The van der Waals surface area contributed by atoms with E-state index in [1.807, 2.05) is 0 Å². The molecule has 0 heteroatoms. The molecule has 0 aliphatic carbocycles. The van der Waals surface area contributed by atoms with Crippen LogP contribution < -0.4 is 0 Å². The highest BCUT2D eigenvalue weighted by atomic mass is 14.3. The van der Waals surface area contributed by atoms with Crippen molar-refractivity contribution < 1.29 is 0 Å². The van der Waals surface area contributed by atoms with Crippen molar-refractivity contribution in [2.75, 3.05) is 0 Å². The van der Waals surface area contributed by atoms with Crippen molar-refractivity contribution in [3.8, 4) is 0 Å². The van der Waals surface area contributed by atoms with Crippen molar-refractivity contribution in [3.05, 3.63) is 0 Å². The fraction of sp³-hybridized carbons (Fsp3) is 1.00. The molecule has 0 radical (unpaired) electrons. The molecule has 0 amide bonds. The number of rotatable bonds is 6. The monoisotopic (exact) mass is 156 g/mol. The van der Waals surface area contributed by atoms with Gasteiger partial charge in [0.2, 0.25) is 0 Å². The van der Waals surface area contributed by atoms with Crippen LogP contribution in [0, 0.1) is 5.41 Å². The lowest BCUT2D eigenvalue weighted by Gasteiger charge is -2.31. The summed E-state index contributed by atoms with van der Waals surface area (Å²) in [4.78, 5) is 0. The van der Waals surface area contributed by atoms with Gasteiger partial charge in [0.25, 0.3) is 0 Å². The van der Waals surface area contributed by atoms with Crippen LogP contribution in [-0.4, -0.2) is 0 Å². The van der Waals surface area contributed by atoms with Gasteiger partial charge in [0.15, 0.2) is 0 Å². The predicted octanol–water partition coefficient (Wildman–Crippen LogP) is 4.39. The highest BCUT2D eigenvalue weighted by molar-refractivity contribution is 4.75. The van der Waals surface area contributed by atoms with Gasteiger partial charge in [-0.25, -0.2) is 0 Å². The van der Waals surface area contributed by atoms with Crippen LogP contribution in [0.5, 0.6) is 0 Å². The van der Waals surface area contributed by atoms with Gasteiger partial charge in [-0.2, -0.15) is 0 Å². The molecule has 0 N–H and O–H groups in total. The van der Waals surface area contributed by atoms with Gasteiger partial charge in [-0.3, -0.25) is 0 Å². The fourth-order valence-electron chi connectivity index (χ4n) is 2.14. The van der Waals surface area contributed by atoms with E-state index in [2.05, 4.69) is 27.7 Å². The fourth-order valence-corrected chi connectivity index (χ4v) is 2.14. The summed E-state index contributed by atoms with van der Waals surface area (Å²) in [5, 5.41) is 0. The van der Waals surface area contributed by atoms with Crippen LogP contribution in [0.4, 0.5) is 0 Å². The maximum absolute atomic E-state index is 2.34. The molecule has 0 unspecified atom stereocenters. The van der Waals surface area contributed by atoms with E-state index in [1.165, 1.54) is 38.5 Å². The second kappa shape index (κ2) is 5.62. The van der Waals surface area contributed by atoms with Crippen LogP contribution in [0.25, 0.3) is 0 Å². The minimum absolute atomic E-state index is 0.684. The van der Waals surface area contributed by atoms with Gasteiger partial charge >= 0.3 is 0 Å². The third-order valence-corrected chi connectivity index (χ3v) is 3.06. The molecule has 0 aromatic rings. The van der Waals surface area contributed by atoms with E-state index >= 15 is 0 Å². The molecule has 0 saturated heterocycles. The maximum Gasteiger partial charge on any atom is -0.0303 e. The minimum Gasteiger partial charge on any atom is -0.0654 e. The Balaban J connectivity index is 3.96. The van der Waals surface area contributed by atoms with Gasteiger partial charge in [-0.05, 0) is 18.3 Å². The lowest BCUT2D eigenvalue weighted by Crippen LogP contribution is -2.17. The Morgan fingerprint density at radius 3 is 1.27 bits per heavy atom. The predicted molar refractivity (Wildman–Crippen MR) is 52.8 cm³/mol. The zero-order chi connectivity index (χ0) is 8.74. The van der Waals surface area contributed by atoms with Crippen LogP contribution >= 0.6 is 0 Å². The molecule has 68 valence electrons. The van der Waals surface area contributed by atoms with Crippen LogP contribution in [0.2, 0.25) is 0 Å². The average molecular weight is 156 g/mol. The summed E-state index contributed by atoms with van der Waals surface area (Å²) in [6.45, 7) is 9.29. The van der Waals surface area contributed by atoms with E-state index in [4.69, 9.17) is 0 Å². The topological polar surface area (TPSA) is 0 Å². The first-order valence-corrected chi connectivity index (χ1v) is 5.24. The molecule has 0 saturated carbocycles. The van der Waals surface area contributed by atoms with Crippen LogP contribution in [-0.2, 0) is 0 Å². The number of hydrogen-bond donors (Lipinski definition) is 0. The summed E-state index contributed by atoms with van der Waals surface area (Å²) in [7, 11) is 0. The third-order valence-electron chi connectivity index (χ3n) is 3.06. The van der Waals surface area contributed by atoms with Gasteiger partial charge in [-0.1, -0.05) is 53.4 Å². The second-order valence-corrected chi connectivity index (χ2v) is 3.71. The molecule has 0 spiro atoms. The van der Waals surface area contributed by atoms with Crippen molar-refractivity contribution in [1.82, 2.24) is 0 Å². The van der Waals surface area contributed by atoms with E-state index in [0.717, 1.165) is 0 Å². The van der Waals surface area contributed by atoms with E-state index in [0.29, 0.717) is 5.41 Å². The Kier molecular flexibility index (Phi) is 5.62. The SMILES string of the molecule is CCCC(CC)(CC)CCC. The molecular formula is C11H24. The smallest absolute Gasteiger partial charge is 0.0303 e. The highest BCUT2D eigenvalue weighted by Crippen LogP contribution is 2.36. The van der Waals surface area contributed by atoms with E-state index in [1.54, 1.807) is 0 Å². The first-order valence-electron chi connectivity index (χ1n) is 5.24. The molecule has 0 atom stereocenters. The lowest BCUT2D eigenvalue weighted by molar-refractivity contribution is 0.214. The Morgan fingerprint density at radius 2 is 1.09 bits per heavy atom. The largest absolute Gasteiger partial charge is 0.0654 e. The molecule has 0 bridgehead atoms. The molecule has 0 heterocycles. The summed E-state index contributed by atoms with van der Waals surface area (Å²) < 4.78 is 0. The molecule has 0 nitrogen and oxygen atoms in total. The summed E-state index contributed by atoms with van der Waals surface area (Å²) in [6.07, 6.45) is 8.28. The number of hydrogen-bond acceptors (Lipinski definition) is 0. The Morgan fingerprint density at radius 1 is 0.727 bits per heavy atom. The van der Waals surface area contributed by atoms with Gasteiger partial charge in [0.05, 0.1) is 0 Å². The Hall–Kier alpha value is 0. The summed E-state index contributed by atoms with van der Waals surface area (Å²) in [5.74, 6) is 0. The van der Waals surface area contributed by atoms with Crippen molar-refractivity contribution in [2.45, 2.75) is 66.2 Å². The maximum atomic E-state index is 2.34. The van der Waals surface area contributed by atoms with Gasteiger partial charge < -0.3 is 0 Å². The molecular weight excluding hydrogens is 132 g/mol. The minimum atomic E-state index is 0.684. The van der Waals surface area contributed by atoms with E-state index < -0.39 is 0 Å². The van der Waals surface area contributed by atoms with Crippen molar-refractivity contribution in [1.29, 1.82) is 0 Å². The quantitative estimate of drug-likeness (QED) is 0.535. The summed E-state index contributed by atoms with van der Waals surface area (Å²) >= 11 is 0. The summed E-state index contributed by atoms with van der Waals surface area (Å²) in [6, 6.07) is 0. The van der Waals surface area contributed by atoms with Crippen molar-refractivity contribution in [3.63, 3.8) is 0 Å². The van der Waals surface area contributed by atoms with Crippen molar-refractivity contribution in [2.24, 2.45) is 5.41 Å². The first kappa shape index (κ1) is 11.0. The molecule has 0 aliphatic heterocycles. The Bertz CT molecular complexity index is 72.0. The second-order valence-electron chi connectivity index (χ2n) is 3.71. The summed E-state index contributed by atoms with van der Waals surface area (Å²) in [5.41, 5.74) is 0.684. The highest BCUT2D eigenvalue weighted by Gasteiger charge is 2.23. The average Bonchev–Trinajstić information content (AvgIpc) is 2.04. The lowest BCUT2D eigenvalue weighted by atomic mass is 9.75. The molecule has 0 aliphatic rings. The molecule has 11 heavy (non-hydrogen) atoms. The van der Waals surface area contributed by atoms with Gasteiger partial charge in [-0.15, -0.1) is 0 Å². The molecule has 0 fully saturated rings. The van der Waals surface area contributed by atoms with E-state index in [-0.39, 0.29) is 0 Å². The van der Waals surface area contributed by atoms with Crippen LogP contribution in [0.1, 0.15) is 66.2 Å². The molecule has 0 rings (SSSR count). The molecule has 0 aromatic heterocycles. The van der Waals surface area contributed by atoms with Gasteiger partial charge in [0.1, 0.15) is 0 Å². The van der Waals surface area contributed by atoms with Crippen molar-refractivity contribution >= 4 is 0 Å². The normalized spacial score (nSPS) is 12.0. The van der Waals surface area contributed by atoms with Gasteiger partial charge in [0, 0.05) is 0 Å². The standard InChI is InChI=1S/C11H24/c1-5-9-11(7-3,8-4)10-6-2/h5-10H2,1-4H3. The zero-order valence-corrected chi connectivity index (χ0v) is 8.74. The van der Waals surface area contributed by atoms with Crippen LogP contribution in [0.3, 0.4) is 0 Å². The zero-order valence-electron chi connectivity index (χ0n) is 8.74. The molecule has 0 aromatic carbocycles. The third kappa shape index (κ3) is 3.27. The Labute approximate surface area is 72.4 Å². The van der Waals surface area contributed by atoms with Crippen LogP contribution in [0.15, 0.2) is 0 Å². The van der Waals surface area contributed by atoms with E-state index in [9.17, 15) is 0 Å².